The molecule has 0 saturated heterocycles. The highest BCUT2D eigenvalue weighted by Crippen LogP contribution is 2.20. The van der Waals surface area contributed by atoms with Gasteiger partial charge in [-0.05, 0) is 32.4 Å². The van der Waals surface area contributed by atoms with E-state index in [1.807, 2.05) is 19.9 Å². The zero-order valence-corrected chi connectivity index (χ0v) is 13.5. The molecule has 5 heteroatoms. The molecular formula is C16H27N3O2. The van der Waals surface area contributed by atoms with Gasteiger partial charge in [0.15, 0.2) is 5.96 Å². The minimum atomic E-state index is 0.577. The Morgan fingerprint density at radius 2 is 2.05 bits per heavy atom. The highest BCUT2D eigenvalue weighted by molar-refractivity contribution is 5.79. The summed E-state index contributed by atoms with van der Waals surface area (Å²) in [5.41, 5.74) is 2.26. The van der Waals surface area contributed by atoms with Crippen LogP contribution in [-0.2, 0) is 11.3 Å². The van der Waals surface area contributed by atoms with Gasteiger partial charge in [-0.2, -0.15) is 0 Å². The molecule has 0 bridgehead atoms. The average molecular weight is 293 g/mol. The number of hydrogen-bond acceptors (Lipinski definition) is 3. The molecule has 2 N–H and O–H groups in total. The summed E-state index contributed by atoms with van der Waals surface area (Å²) in [4.78, 5) is 4.58. The summed E-state index contributed by atoms with van der Waals surface area (Å²) in [6.07, 6.45) is 0. The Labute approximate surface area is 127 Å². The Bertz CT molecular complexity index is 447. The summed E-state index contributed by atoms with van der Waals surface area (Å²) in [6, 6.07) is 6.16. The summed E-state index contributed by atoms with van der Waals surface area (Å²) in [5, 5.41) is 6.47. The predicted molar refractivity (Wildman–Crippen MR) is 87.0 cm³/mol. The monoisotopic (exact) mass is 293 g/mol. The molecule has 0 spiro atoms. The molecule has 1 rings (SSSR count). The van der Waals surface area contributed by atoms with Gasteiger partial charge in [-0.3, -0.25) is 0 Å². The van der Waals surface area contributed by atoms with Crippen LogP contribution in [0.3, 0.4) is 0 Å². The van der Waals surface area contributed by atoms with Crippen molar-refractivity contribution in [2.75, 3.05) is 33.4 Å². The van der Waals surface area contributed by atoms with Crippen molar-refractivity contribution in [1.82, 2.24) is 10.6 Å². The van der Waals surface area contributed by atoms with Gasteiger partial charge in [-0.1, -0.05) is 12.1 Å². The average Bonchev–Trinajstić information content (AvgIpc) is 2.49. The van der Waals surface area contributed by atoms with Crippen LogP contribution in [0.15, 0.2) is 23.2 Å². The maximum absolute atomic E-state index is 5.40. The molecule has 0 aliphatic rings. The number of guanidine groups is 1. The van der Waals surface area contributed by atoms with Gasteiger partial charge in [-0.25, -0.2) is 4.99 Å². The van der Waals surface area contributed by atoms with E-state index in [4.69, 9.17) is 9.47 Å². The van der Waals surface area contributed by atoms with E-state index in [1.165, 1.54) is 5.56 Å². The van der Waals surface area contributed by atoms with Crippen LogP contribution in [0.4, 0.5) is 0 Å². The Hall–Kier alpha value is -1.75. The molecule has 118 valence electrons. The van der Waals surface area contributed by atoms with E-state index < -0.39 is 0 Å². The van der Waals surface area contributed by atoms with Crippen LogP contribution in [0.25, 0.3) is 0 Å². The molecule has 0 radical (unpaired) electrons. The fourth-order valence-corrected chi connectivity index (χ4v) is 1.87. The fraction of sp³-hybridized carbons (Fsp3) is 0.562. The predicted octanol–water partition coefficient (Wildman–Crippen LogP) is 2.10. The Balaban J connectivity index is 2.64. The lowest BCUT2D eigenvalue weighted by molar-refractivity contribution is 0.152. The highest BCUT2D eigenvalue weighted by atomic mass is 16.5. The summed E-state index contributed by atoms with van der Waals surface area (Å²) in [6.45, 7) is 9.64. The van der Waals surface area contributed by atoms with E-state index >= 15 is 0 Å². The first-order valence-corrected chi connectivity index (χ1v) is 7.44. The topological polar surface area (TPSA) is 54.9 Å². The zero-order chi connectivity index (χ0) is 15.5. The number of rotatable bonds is 8. The summed E-state index contributed by atoms with van der Waals surface area (Å²) < 4.78 is 10.7. The molecule has 0 aromatic heterocycles. The number of hydrogen-bond donors (Lipinski definition) is 2. The number of methoxy groups -OCH3 is 1. The number of nitrogens with one attached hydrogen (secondary N) is 2. The Morgan fingerprint density at radius 1 is 1.24 bits per heavy atom. The minimum Gasteiger partial charge on any atom is -0.496 e. The van der Waals surface area contributed by atoms with Crippen LogP contribution >= 0.6 is 0 Å². The van der Waals surface area contributed by atoms with Gasteiger partial charge < -0.3 is 20.1 Å². The molecule has 0 aliphatic carbocycles. The van der Waals surface area contributed by atoms with Crippen molar-refractivity contribution in [2.24, 2.45) is 4.99 Å². The molecule has 1 aromatic carbocycles. The quantitative estimate of drug-likeness (QED) is 0.438. The number of aryl methyl sites for hydroxylation is 1. The molecule has 0 atom stereocenters. The fourth-order valence-electron chi connectivity index (χ4n) is 1.87. The summed E-state index contributed by atoms with van der Waals surface area (Å²) in [7, 11) is 1.69. The van der Waals surface area contributed by atoms with Crippen molar-refractivity contribution in [3.63, 3.8) is 0 Å². The zero-order valence-electron chi connectivity index (χ0n) is 13.5. The standard InChI is InChI=1S/C16H27N3O2/c1-5-17-16(18-9-10-21-6-2)19-12-14-8-7-13(3)11-15(14)20-4/h7-8,11H,5-6,9-10,12H2,1-4H3,(H2,17,18,19). The van der Waals surface area contributed by atoms with Gasteiger partial charge in [0.25, 0.3) is 0 Å². The van der Waals surface area contributed by atoms with Crippen molar-refractivity contribution in [3.05, 3.63) is 29.3 Å². The SMILES string of the molecule is CCNC(=NCc1ccc(C)cc1OC)NCCOCC. The van der Waals surface area contributed by atoms with E-state index in [2.05, 4.69) is 34.7 Å². The molecule has 0 fully saturated rings. The molecule has 21 heavy (non-hydrogen) atoms. The molecule has 0 heterocycles. The van der Waals surface area contributed by atoms with Gasteiger partial charge in [0.1, 0.15) is 5.75 Å². The number of nitrogens with zero attached hydrogens (tertiary/aromatic N) is 1. The third-order valence-electron chi connectivity index (χ3n) is 2.94. The second-order valence-electron chi connectivity index (χ2n) is 4.63. The van der Waals surface area contributed by atoms with Crippen molar-refractivity contribution in [2.45, 2.75) is 27.3 Å². The van der Waals surface area contributed by atoms with E-state index in [0.717, 1.165) is 37.0 Å². The molecule has 0 aliphatic heterocycles. The first-order valence-electron chi connectivity index (χ1n) is 7.44. The van der Waals surface area contributed by atoms with Gasteiger partial charge in [-0.15, -0.1) is 0 Å². The Morgan fingerprint density at radius 3 is 2.71 bits per heavy atom. The molecule has 1 aromatic rings. The van der Waals surface area contributed by atoms with E-state index in [9.17, 15) is 0 Å². The van der Waals surface area contributed by atoms with Gasteiger partial charge >= 0.3 is 0 Å². The van der Waals surface area contributed by atoms with Crippen molar-refractivity contribution < 1.29 is 9.47 Å². The van der Waals surface area contributed by atoms with Crippen molar-refractivity contribution in [1.29, 1.82) is 0 Å². The largest absolute Gasteiger partial charge is 0.496 e. The second-order valence-corrected chi connectivity index (χ2v) is 4.63. The lowest BCUT2D eigenvalue weighted by Gasteiger charge is -2.12. The second kappa shape index (κ2) is 10.0. The molecule has 0 amide bonds. The maximum Gasteiger partial charge on any atom is 0.191 e. The van der Waals surface area contributed by atoms with Gasteiger partial charge in [0.05, 0.1) is 20.3 Å². The number of benzene rings is 1. The first kappa shape index (κ1) is 17.3. The lowest BCUT2D eigenvalue weighted by Crippen LogP contribution is -2.39. The molecule has 5 nitrogen and oxygen atoms in total. The van der Waals surface area contributed by atoms with E-state index in [0.29, 0.717) is 13.2 Å². The smallest absolute Gasteiger partial charge is 0.191 e. The van der Waals surface area contributed by atoms with Crippen molar-refractivity contribution >= 4 is 5.96 Å². The normalized spacial score (nSPS) is 11.3. The third kappa shape index (κ3) is 6.49. The number of ether oxygens (including phenoxy) is 2. The molecule has 0 saturated carbocycles. The van der Waals surface area contributed by atoms with Crippen LogP contribution in [0.2, 0.25) is 0 Å². The molecular weight excluding hydrogens is 266 g/mol. The summed E-state index contributed by atoms with van der Waals surface area (Å²) in [5.74, 6) is 1.67. The third-order valence-corrected chi connectivity index (χ3v) is 2.94. The maximum atomic E-state index is 5.40. The van der Waals surface area contributed by atoms with E-state index in [-0.39, 0.29) is 0 Å². The van der Waals surface area contributed by atoms with Crippen LogP contribution in [-0.4, -0.2) is 39.4 Å². The van der Waals surface area contributed by atoms with Gasteiger partial charge in [0.2, 0.25) is 0 Å². The van der Waals surface area contributed by atoms with Crippen LogP contribution in [0.1, 0.15) is 25.0 Å². The number of aliphatic imine (C=N–C) groups is 1. The van der Waals surface area contributed by atoms with E-state index in [1.54, 1.807) is 7.11 Å². The van der Waals surface area contributed by atoms with Crippen molar-refractivity contribution in [3.8, 4) is 5.75 Å². The van der Waals surface area contributed by atoms with Crippen LogP contribution in [0.5, 0.6) is 5.75 Å². The Kier molecular flexibility index (Phi) is 8.28. The summed E-state index contributed by atoms with van der Waals surface area (Å²) >= 11 is 0. The lowest BCUT2D eigenvalue weighted by atomic mass is 10.1. The van der Waals surface area contributed by atoms with Gasteiger partial charge in [0, 0.05) is 25.3 Å². The molecule has 0 unspecified atom stereocenters. The van der Waals surface area contributed by atoms with Crippen LogP contribution < -0.4 is 15.4 Å². The highest BCUT2D eigenvalue weighted by Gasteiger charge is 2.03. The van der Waals surface area contributed by atoms with Crippen LogP contribution in [0, 0.1) is 6.92 Å². The minimum absolute atomic E-state index is 0.577. The first-order chi connectivity index (χ1) is 10.2.